The number of aryl methyl sites for hydroxylation is 1. The number of rotatable bonds is 6. The van der Waals surface area contributed by atoms with Crippen LogP contribution in [0.15, 0.2) is 22.7 Å². The molecule has 25 heavy (non-hydrogen) atoms. The molecule has 1 heterocycles. The summed E-state index contributed by atoms with van der Waals surface area (Å²) in [5, 5.41) is 12.7. The summed E-state index contributed by atoms with van der Waals surface area (Å²) in [6, 6.07) is 5.88. The minimum absolute atomic E-state index is 0.0532. The molecule has 1 amide bonds. The highest BCUT2D eigenvalue weighted by atomic mass is 79.9. The van der Waals surface area contributed by atoms with E-state index in [-0.39, 0.29) is 12.5 Å². The predicted molar refractivity (Wildman–Crippen MR) is 103 cm³/mol. The number of hydrogen-bond acceptors (Lipinski definition) is 5. The molecule has 0 saturated heterocycles. The molecule has 0 aliphatic heterocycles. The summed E-state index contributed by atoms with van der Waals surface area (Å²) in [4.78, 5) is 12.1. The van der Waals surface area contributed by atoms with Crippen LogP contribution in [0.4, 0.5) is 5.13 Å². The van der Waals surface area contributed by atoms with Crippen LogP contribution in [0.1, 0.15) is 55.5 Å². The molecular weight excluding hydrogens is 402 g/mol. The first-order chi connectivity index (χ1) is 12.2. The molecule has 5 nitrogen and oxygen atoms in total. The summed E-state index contributed by atoms with van der Waals surface area (Å²) < 4.78 is 6.45. The van der Waals surface area contributed by atoms with Crippen LogP contribution in [0.25, 0.3) is 0 Å². The highest BCUT2D eigenvalue weighted by Gasteiger charge is 2.20. The van der Waals surface area contributed by atoms with Crippen molar-refractivity contribution in [3.05, 3.63) is 33.2 Å². The monoisotopic (exact) mass is 423 g/mol. The molecule has 1 fully saturated rings. The summed E-state index contributed by atoms with van der Waals surface area (Å²) >= 11 is 4.95. The van der Waals surface area contributed by atoms with Gasteiger partial charge in [-0.15, -0.1) is 10.2 Å². The predicted octanol–water partition coefficient (Wildman–Crippen LogP) is 4.93. The van der Waals surface area contributed by atoms with E-state index in [1.807, 2.05) is 18.2 Å². The first-order valence-corrected chi connectivity index (χ1v) is 10.3. The Morgan fingerprint density at radius 1 is 1.32 bits per heavy atom. The zero-order valence-corrected chi connectivity index (χ0v) is 16.7. The minimum Gasteiger partial charge on any atom is -0.483 e. The molecule has 0 atom stereocenters. The number of nitrogens with zero attached hydrogens (tertiary/aromatic N) is 2. The van der Waals surface area contributed by atoms with Crippen molar-refractivity contribution in [1.29, 1.82) is 0 Å². The molecule has 0 unspecified atom stereocenters. The standard InChI is InChI=1S/C18H22BrN3O2S/c1-2-12-8-9-15(14(19)10-12)24-11-16(23)20-18-22-21-17(25-18)13-6-4-3-5-7-13/h8-10,13H,2-7,11H2,1H3,(H,20,22,23). The Labute approximate surface area is 160 Å². The van der Waals surface area contributed by atoms with Crippen LogP contribution in [-0.2, 0) is 11.2 Å². The smallest absolute Gasteiger partial charge is 0.264 e. The molecule has 134 valence electrons. The molecule has 1 aromatic heterocycles. The van der Waals surface area contributed by atoms with Crippen molar-refractivity contribution < 1.29 is 9.53 Å². The van der Waals surface area contributed by atoms with Crippen molar-refractivity contribution in [2.24, 2.45) is 0 Å². The van der Waals surface area contributed by atoms with Crippen LogP contribution in [0.3, 0.4) is 0 Å². The molecule has 3 rings (SSSR count). The van der Waals surface area contributed by atoms with Crippen molar-refractivity contribution in [3.8, 4) is 5.75 Å². The van der Waals surface area contributed by atoms with Crippen LogP contribution in [-0.4, -0.2) is 22.7 Å². The van der Waals surface area contributed by atoms with Gasteiger partial charge >= 0.3 is 0 Å². The van der Waals surface area contributed by atoms with Gasteiger partial charge in [0.05, 0.1) is 4.47 Å². The van der Waals surface area contributed by atoms with Crippen molar-refractivity contribution in [2.75, 3.05) is 11.9 Å². The van der Waals surface area contributed by atoms with Gasteiger partial charge in [0.15, 0.2) is 6.61 Å². The molecule has 1 saturated carbocycles. The van der Waals surface area contributed by atoms with E-state index in [9.17, 15) is 4.79 Å². The Morgan fingerprint density at radius 2 is 2.12 bits per heavy atom. The van der Waals surface area contributed by atoms with Crippen LogP contribution in [0.5, 0.6) is 5.75 Å². The zero-order chi connectivity index (χ0) is 17.6. The van der Waals surface area contributed by atoms with E-state index in [0.717, 1.165) is 15.9 Å². The van der Waals surface area contributed by atoms with Crippen molar-refractivity contribution in [2.45, 2.75) is 51.4 Å². The number of amides is 1. The van der Waals surface area contributed by atoms with Gasteiger partial charge in [-0.2, -0.15) is 0 Å². The maximum atomic E-state index is 12.1. The second kappa shape index (κ2) is 8.76. The first kappa shape index (κ1) is 18.3. The number of benzene rings is 1. The highest BCUT2D eigenvalue weighted by Crippen LogP contribution is 2.35. The average Bonchev–Trinajstić information content (AvgIpc) is 3.09. The van der Waals surface area contributed by atoms with Crippen molar-refractivity contribution in [1.82, 2.24) is 10.2 Å². The Kier molecular flexibility index (Phi) is 6.42. The third kappa shape index (κ3) is 5.01. The van der Waals surface area contributed by atoms with Gasteiger partial charge in [-0.3, -0.25) is 10.1 Å². The molecular formula is C18H22BrN3O2S. The molecule has 1 aliphatic rings. The quantitative estimate of drug-likeness (QED) is 0.715. The van der Waals surface area contributed by atoms with Crippen molar-refractivity contribution >= 4 is 38.3 Å². The summed E-state index contributed by atoms with van der Waals surface area (Å²) in [7, 11) is 0. The number of nitrogens with one attached hydrogen (secondary N) is 1. The van der Waals surface area contributed by atoms with Gasteiger partial charge in [0, 0.05) is 5.92 Å². The van der Waals surface area contributed by atoms with E-state index in [2.05, 4.69) is 38.4 Å². The number of carbonyl (C=O) groups is 1. The lowest BCUT2D eigenvalue weighted by Crippen LogP contribution is -2.20. The van der Waals surface area contributed by atoms with Gasteiger partial charge in [-0.05, 0) is 52.9 Å². The molecule has 7 heteroatoms. The van der Waals surface area contributed by atoms with Crippen LogP contribution < -0.4 is 10.1 Å². The van der Waals surface area contributed by atoms with Gasteiger partial charge in [0.1, 0.15) is 10.8 Å². The summed E-state index contributed by atoms with van der Waals surface area (Å²) in [6.07, 6.45) is 7.13. The van der Waals surface area contributed by atoms with E-state index >= 15 is 0 Å². The Balaban J connectivity index is 1.52. The molecule has 1 aromatic carbocycles. The molecule has 1 aliphatic carbocycles. The number of ether oxygens (including phenoxy) is 1. The summed E-state index contributed by atoms with van der Waals surface area (Å²) in [6.45, 7) is 2.04. The SMILES string of the molecule is CCc1ccc(OCC(=O)Nc2nnc(C3CCCCC3)s2)c(Br)c1. The van der Waals surface area contributed by atoms with Crippen LogP contribution in [0, 0.1) is 0 Å². The maximum absolute atomic E-state index is 12.1. The Hall–Kier alpha value is -1.47. The van der Waals surface area contributed by atoms with E-state index in [0.29, 0.717) is 16.8 Å². The molecule has 0 spiro atoms. The fourth-order valence-corrected chi connectivity index (χ4v) is 4.45. The normalized spacial score (nSPS) is 15.1. The largest absolute Gasteiger partial charge is 0.483 e. The second-order valence-electron chi connectivity index (χ2n) is 6.24. The fourth-order valence-electron chi connectivity index (χ4n) is 2.98. The molecule has 1 N–H and O–H groups in total. The van der Waals surface area contributed by atoms with Gasteiger partial charge in [0.25, 0.3) is 5.91 Å². The zero-order valence-electron chi connectivity index (χ0n) is 14.3. The number of aromatic nitrogens is 2. The lowest BCUT2D eigenvalue weighted by molar-refractivity contribution is -0.118. The number of carbonyl (C=O) groups excluding carboxylic acids is 1. The van der Waals surface area contributed by atoms with E-state index in [1.165, 1.54) is 49.0 Å². The van der Waals surface area contributed by atoms with Gasteiger partial charge in [-0.25, -0.2) is 0 Å². The Morgan fingerprint density at radius 3 is 2.84 bits per heavy atom. The number of anilines is 1. The van der Waals surface area contributed by atoms with Gasteiger partial charge < -0.3 is 4.74 Å². The summed E-state index contributed by atoms with van der Waals surface area (Å²) in [5.74, 6) is 0.937. The van der Waals surface area contributed by atoms with E-state index < -0.39 is 0 Å². The molecule has 2 aromatic rings. The van der Waals surface area contributed by atoms with Gasteiger partial charge in [0.2, 0.25) is 5.13 Å². The second-order valence-corrected chi connectivity index (χ2v) is 8.10. The third-order valence-corrected chi connectivity index (χ3v) is 6.03. The van der Waals surface area contributed by atoms with Crippen LogP contribution >= 0.6 is 27.3 Å². The average molecular weight is 424 g/mol. The number of halogens is 1. The number of hydrogen-bond donors (Lipinski definition) is 1. The summed E-state index contributed by atoms with van der Waals surface area (Å²) in [5.41, 5.74) is 1.22. The molecule has 0 radical (unpaired) electrons. The highest BCUT2D eigenvalue weighted by molar-refractivity contribution is 9.10. The van der Waals surface area contributed by atoms with Gasteiger partial charge in [-0.1, -0.05) is 43.6 Å². The first-order valence-electron chi connectivity index (χ1n) is 8.70. The topological polar surface area (TPSA) is 64.1 Å². The van der Waals surface area contributed by atoms with E-state index in [1.54, 1.807) is 0 Å². The maximum Gasteiger partial charge on any atom is 0.264 e. The van der Waals surface area contributed by atoms with E-state index in [4.69, 9.17) is 4.74 Å². The molecule has 0 bridgehead atoms. The lowest BCUT2D eigenvalue weighted by Gasteiger charge is -2.18. The Bertz CT molecular complexity index is 729. The minimum atomic E-state index is -0.224. The third-order valence-electron chi connectivity index (χ3n) is 4.40. The van der Waals surface area contributed by atoms with Crippen LogP contribution in [0.2, 0.25) is 0 Å². The van der Waals surface area contributed by atoms with Crippen molar-refractivity contribution in [3.63, 3.8) is 0 Å². The fraction of sp³-hybridized carbons (Fsp3) is 0.500. The lowest BCUT2D eigenvalue weighted by atomic mass is 9.90.